The Kier molecular flexibility index (Phi) is 4.45. The largest absolute Gasteiger partial charge is 0.0873 e. The van der Waals surface area contributed by atoms with Crippen molar-refractivity contribution in [2.45, 2.75) is 24.7 Å². The van der Waals surface area contributed by atoms with Crippen LogP contribution in [0.3, 0.4) is 0 Å². The SMILES string of the molecule is Clc1ccc([C@@]23CC=CCC(=C(c4ccccc4)c4ccccc4)[C@H]2C3)cc1. The Labute approximate surface area is 172 Å². The molecule has 0 radical (unpaired) electrons. The van der Waals surface area contributed by atoms with Crippen molar-refractivity contribution in [3.05, 3.63) is 124 Å². The minimum atomic E-state index is 0.224. The third-order valence-corrected chi connectivity index (χ3v) is 6.60. The van der Waals surface area contributed by atoms with Crippen molar-refractivity contribution >= 4 is 17.2 Å². The molecule has 0 spiro atoms. The van der Waals surface area contributed by atoms with Gasteiger partial charge in [0.25, 0.3) is 0 Å². The molecule has 2 atom stereocenters. The third-order valence-electron chi connectivity index (χ3n) is 6.35. The van der Waals surface area contributed by atoms with Crippen molar-refractivity contribution in [3.8, 4) is 0 Å². The van der Waals surface area contributed by atoms with Gasteiger partial charge in [0, 0.05) is 10.4 Å². The second kappa shape index (κ2) is 7.11. The van der Waals surface area contributed by atoms with Crippen molar-refractivity contribution in [1.82, 2.24) is 0 Å². The molecule has 0 nitrogen and oxygen atoms in total. The molecule has 0 aromatic heterocycles. The van der Waals surface area contributed by atoms with E-state index in [1.54, 1.807) is 5.57 Å². The number of hydrogen-bond donors (Lipinski definition) is 0. The van der Waals surface area contributed by atoms with Gasteiger partial charge in [-0.05, 0) is 59.6 Å². The van der Waals surface area contributed by atoms with Gasteiger partial charge in [-0.1, -0.05) is 102 Å². The summed E-state index contributed by atoms with van der Waals surface area (Å²) in [6.07, 6.45) is 8.11. The molecule has 1 heteroatoms. The molecule has 1 saturated carbocycles. The Balaban J connectivity index is 1.67. The topological polar surface area (TPSA) is 0 Å². The van der Waals surface area contributed by atoms with E-state index in [1.165, 1.54) is 28.7 Å². The van der Waals surface area contributed by atoms with Crippen LogP contribution in [0.2, 0.25) is 5.02 Å². The molecule has 0 unspecified atom stereocenters. The van der Waals surface area contributed by atoms with Gasteiger partial charge in [-0.2, -0.15) is 0 Å². The molecule has 2 aliphatic rings. The Morgan fingerprint density at radius 2 is 1.36 bits per heavy atom. The van der Waals surface area contributed by atoms with Gasteiger partial charge in [0.15, 0.2) is 0 Å². The van der Waals surface area contributed by atoms with E-state index in [4.69, 9.17) is 11.6 Å². The first-order valence-corrected chi connectivity index (χ1v) is 10.4. The second-order valence-electron chi connectivity index (χ2n) is 7.93. The fraction of sp³-hybridized carbons (Fsp3) is 0.185. The van der Waals surface area contributed by atoms with Gasteiger partial charge in [0.2, 0.25) is 0 Å². The number of halogens is 1. The summed E-state index contributed by atoms with van der Waals surface area (Å²) < 4.78 is 0. The highest BCUT2D eigenvalue weighted by Gasteiger charge is 2.56. The standard InChI is InChI=1S/C27H23Cl/c28-23-16-14-22(15-17-23)27-18-8-7-13-24(25(27)19-27)26(20-9-3-1-4-10-20)21-11-5-2-6-12-21/h1-12,14-17,25H,13,18-19H2/t25-,27+/m1/s1. The van der Waals surface area contributed by atoms with Crippen molar-refractivity contribution < 1.29 is 0 Å². The van der Waals surface area contributed by atoms with Crippen LogP contribution < -0.4 is 0 Å². The molecule has 28 heavy (non-hydrogen) atoms. The molecule has 3 aromatic carbocycles. The highest BCUT2D eigenvalue weighted by molar-refractivity contribution is 6.30. The van der Waals surface area contributed by atoms with Crippen LogP contribution in [0, 0.1) is 5.92 Å². The van der Waals surface area contributed by atoms with Gasteiger partial charge in [0.05, 0.1) is 0 Å². The lowest BCUT2D eigenvalue weighted by molar-refractivity contribution is 0.657. The summed E-state index contributed by atoms with van der Waals surface area (Å²) in [4.78, 5) is 0. The molecule has 2 aliphatic carbocycles. The fourth-order valence-corrected chi connectivity index (χ4v) is 5.00. The predicted octanol–water partition coefficient (Wildman–Crippen LogP) is 7.45. The maximum Gasteiger partial charge on any atom is 0.0406 e. The predicted molar refractivity (Wildman–Crippen MR) is 119 cm³/mol. The Morgan fingerprint density at radius 1 is 0.750 bits per heavy atom. The zero-order valence-corrected chi connectivity index (χ0v) is 16.6. The summed E-state index contributed by atoms with van der Waals surface area (Å²) in [5.41, 5.74) is 7.26. The lowest BCUT2D eigenvalue weighted by atomic mass is 9.84. The van der Waals surface area contributed by atoms with Crippen LogP contribution in [0.4, 0.5) is 0 Å². The van der Waals surface area contributed by atoms with Gasteiger partial charge < -0.3 is 0 Å². The van der Waals surface area contributed by atoms with Crippen LogP contribution in [0.25, 0.3) is 5.57 Å². The first kappa shape index (κ1) is 17.5. The summed E-state index contributed by atoms with van der Waals surface area (Å²) in [6, 6.07) is 30.3. The quantitative estimate of drug-likeness (QED) is 0.412. The van der Waals surface area contributed by atoms with Gasteiger partial charge >= 0.3 is 0 Å². The van der Waals surface area contributed by atoms with E-state index in [0.29, 0.717) is 5.92 Å². The highest BCUT2D eigenvalue weighted by Crippen LogP contribution is 2.63. The van der Waals surface area contributed by atoms with Crippen molar-refractivity contribution in [1.29, 1.82) is 0 Å². The van der Waals surface area contributed by atoms with Gasteiger partial charge in [-0.15, -0.1) is 0 Å². The average molecular weight is 383 g/mol. The Morgan fingerprint density at radius 3 is 1.96 bits per heavy atom. The molecule has 0 amide bonds. The molecular weight excluding hydrogens is 360 g/mol. The molecule has 5 rings (SSSR count). The number of benzene rings is 3. The summed E-state index contributed by atoms with van der Waals surface area (Å²) in [6.45, 7) is 0. The maximum atomic E-state index is 6.16. The fourth-order valence-electron chi connectivity index (χ4n) is 4.88. The molecule has 1 fully saturated rings. The maximum absolute atomic E-state index is 6.16. The third kappa shape index (κ3) is 3.02. The van der Waals surface area contributed by atoms with Crippen LogP contribution in [0.15, 0.2) is 103 Å². The van der Waals surface area contributed by atoms with E-state index in [0.717, 1.165) is 17.9 Å². The van der Waals surface area contributed by atoms with Crippen LogP contribution >= 0.6 is 11.6 Å². The highest BCUT2D eigenvalue weighted by atomic mass is 35.5. The van der Waals surface area contributed by atoms with E-state index >= 15 is 0 Å². The second-order valence-corrected chi connectivity index (χ2v) is 8.37. The Hall–Kier alpha value is -2.57. The van der Waals surface area contributed by atoms with Gasteiger partial charge in [-0.3, -0.25) is 0 Å². The lowest BCUT2D eigenvalue weighted by Gasteiger charge is -2.19. The molecule has 0 N–H and O–H groups in total. The minimum Gasteiger partial charge on any atom is -0.0873 e. The summed E-state index contributed by atoms with van der Waals surface area (Å²) >= 11 is 6.16. The van der Waals surface area contributed by atoms with E-state index in [-0.39, 0.29) is 5.41 Å². The summed E-state index contributed by atoms with van der Waals surface area (Å²) in [5.74, 6) is 0.582. The number of rotatable bonds is 3. The van der Waals surface area contributed by atoms with Crippen molar-refractivity contribution in [2.24, 2.45) is 5.92 Å². The van der Waals surface area contributed by atoms with E-state index in [1.807, 2.05) is 12.1 Å². The van der Waals surface area contributed by atoms with Crippen LogP contribution in [0.5, 0.6) is 0 Å². The molecule has 0 heterocycles. The van der Waals surface area contributed by atoms with Crippen molar-refractivity contribution in [3.63, 3.8) is 0 Å². The van der Waals surface area contributed by atoms with Gasteiger partial charge in [-0.25, -0.2) is 0 Å². The monoisotopic (exact) mass is 382 g/mol. The first-order valence-electron chi connectivity index (χ1n) is 10.0. The molecule has 138 valence electrons. The molecule has 0 aliphatic heterocycles. The molecule has 0 bridgehead atoms. The van der Waals surface area contributed by atoms with Gasteiger partial charge in [0.1, 0.15) is 0 Å². The Bertz CT molecular complexity index is 987. The smallest absolute Gasteiger partial charge is 0.0406 e. The molecule has 3 aromatic rings. The average Bonchev–Trinajstić information content (AvgIpc) is 3.49. The number of fused-ring (bicyclic) bond motifs is 1. The normalized spacial score (nSPS) is 23.0. The van der Waals surface area contributed by atoms with Crippen LogP contribution in [0.1, 0.15) is 36.0 Å². The van der Waals surface area contributed by atoms with E-state index in [2.05, 4.69) is 84.9 Å². The molecule has 0 saturated heterocycles. The van der Waals surface area contributed by atoms with E-state index < -0.39 is 0 Å². The zero-order chi connectivity index (χ0) is 19.0. The van der Waals surface area contributed by atoms with E-state index in [9.17, 15) is 0 Å². The van der Waals surface area contributed by atoms with Crippen LogP contribution in [-0.2, 0) is 5.41 Å². The van der Waals surface area contributed by atoms with Crippen LogP contribution in [-0.4, -0.2) is 0 Å². The van der Waals surface area contributed by atoms with Crippen molar-refractivity contribution in [2.75, 3.05) is 0 Å². The zero-order valence-electron chi connectivity index (χ0n) is 15.8. The minimum absolute atomic E-state index is 0.224. The number of hydrogen-bond acceptors (Lipinski definition) is 0. The molecular formula is C27H23Cl. The first-order chi connectivity index (χ1) is 13.8. The summed E-state index contributed by atoms with van der Waals surface area (Å²) in [5, 5.41) is 0.812. The number of allylic oxidation sites excluding steroid dienone is 3. The lowest BCUT2D eigenvalue weighted by Crippen LogP contribution is -2.10. The summed E-state index contributed by atoms with van der Waals surface area (Å²) in [7, 11) is 0.